The van der Waals surface area contributed by atoms with Crippen LogP contribution in [0.2, 0.25) is 0 Å². The van der Waals surface area contributed by atoms with Gasteiger partial charge >= 0.3 is 0 Å². The van der Waals surface area contributed by atoms with Gasteiger partial charge in [0, 0.05) is 0 Å². The summed E-state index contributed by atoms with van der Waals surface area (Å²) in [5.41, 5.74) is 5.15. The molecule has 15 heavy (non-hydrogen) atoms. The zero-order valence-electron chi connectivity index (χ0n) is 10.0. The molecule has 0 saturated heterocycles. The minimum atomic E-state index is 0.569. The number of rotatable bonds is 4. The highest BCUT2D eigenvalue weighted by molar-refractivity contribution is 5.62. The molecule has 0 heterocycles. The number of benzene rings is 1. The van der Waals surface area contributed by atoms with Gasteiger partial charge in [-0.05, 0) is 36.0 Å². The molecule has 0 N–H and O–H groups in total. The summed E-state index contributed by atoms with van der Waals surface area (Å²) in [4.78, 5) is 0. The van der Waals surface area contributed by atoms with E-state index in [2.05, 4.69) is 45.2 Å². The topological polar surface area (TPSA) is 0 Å². The van der Waals surface area contributed by atoms with E-state index in [0.717, 1.165) is 12.0 Å². The second-order valence-electron chi connectivity index (χ2n) is 4.34. The average molecular weight is 200 g/mol. The van der Waals surface area contributed by atoms with Crippen molar-refractivity contribution in [2.45, 2.75) is 33.1 Å². The quantitative estimate of drug-likeness (QED) is 0.624. The third kappa shape index (κ3) is 2.82. The van der Waals surface area contributed by atoms with Crippen LogP contribution >= 0.6 is 0 Å². The van der Waals surface area contributed by atoms with E-state index in [1.54, 1.807) is 0 Å². The Bertz CT molecular complexity index is 370. The summed E-state index contributed by atoms with van der Waals surface area (Å²) < 4.78 is 0. The van der Waals surface area contributed by atoms with Crippen LogP contribution in [-0.4, -0.2) is 0 Å². The summed E-state index contributed by atoms with van der Waals surface area (Å²) >= 11 is 0. The molecule has 0 heteroatoms. The third-order valence-corrected chi connectivity index (χ3v) is 2.62. The summed E-state index contributed by atoms with van der Waals surface area (Å²) in [5, 5.41) is 0. The Hall–Kier alpha value is -1.30. The van der Waals surface area contributed by atoms with Crippen molar-refractivity contribution in [3.63, 3.8) is 0 Å². The molecule has 0 aliphatic rings. The summed E-state index contributed by atoms with van der Waals surface area (Å²) in [5.74, 6) is 0.569. The molecule has 80 valence electrons. The van der Waals surface area contributed by atoms with Crippen molar-refractivity contribution < 1.29 is 0 Å². The fraction of sp³-hybridized carbons (Fsp3) is 0.333. The summed E-state index contributed by atoms with van der Waals surface area (Å²) in [7, 11) is 0. The summed E-state index contributed by atoms with van der Waals surface area (Å²) in [6.07, 6.45) is 2.90. The number of hydrogen-bond acceptors (Lipinski definition) is 0. The molecule has 0 bridgehead atoms. The Labute approximate surface area is 93.3 Å². The lowest BCUT2D eigenvalue weighted by atomic mass is 9.92. The summed E-state index contributed by atoms with van der Waals surface area (Å²) in [6.45, 7) is 14.3. The van der Waals surface area contributed by atoms with Crippen LogP contribution in [0.1, 0.15) is 43.4 Å². The fourth-order valence-electron chi connectivity index (χ4n) is 1.77. The Morgan fingerprint density at radius 2 is 2.07 bits per heavy atom. The minimum Gasteiger partial charge on any atom is -0.103 e. The van der Waals surface area contributed by atoms with Crippen molar-refractivity contribution in [3.05, 3.63) is 54.1 Å². The van der Waals surface area contributed by atoms with E-state index in [4.69, 9.17) is 0 Å². The molecule has 0 spiro atoms. The second kappa shape index (κ2) is 4.97. The van der Waals surface area contributed by atoms with Crippen LogP contribution in [0, 0.1) is 0 Å². The van der Waals surface area contributed by atoms with E-state index in [9.17, 15) is 0 Å². The normalized spacial score (nSPS) is 10.4. The molecule has 0 nitrogen and oxygen atoms in total. The lowest BCUT2D eigenvalue weighted by molar-refractivity contribution is 0.850. The molecule has 0 aliphatic heterocycles. The van der Waals surface area contributed by atoms with E-state index in [1.807, 2.05) is 13.0 Å². The first-order valence-corrected chi connectivity index (χ1v) is 5.46. The van der Waals surface area contributed by atoms with Crippen molar-refractivity contribution in [3.8, 4) is 0 Å². The van der Waals surface area contributed by atoms with Gasteiger partial charge in [0.1, 0.15) is 0 Å². The van der Waals surface area contributed by atoms with Gasteiger partial charge in [-0.15, -0.1) is 6.58 Å². The Kier molecular flexibility index (Phi) is 3.90. The predicted molar refractivity (Wildman–Crippen MR) is 69.1 cm³/mol. The molecule has 0 amide bonds. The average Bonchev–Trinajstić information content (AvgIpc) is 2.17. The Balaban J connectivity index is 3.19. The molecule has 0 radical (unpaired) electrons. The molecule has 1 aromatic rings. The molecule has 0 unspecified atom stereocenters. The zero-order valence-corrected chi connectivity index (χ0v) is 10.0. The largest absolute Gasteiger partial charge is 0.103 e. The SMILES string of the molecule is C=CCc1cc(C(=C)C)ccc1C(C)C. The van der Waals surface area contributed by atoms with Gasteiger partial charge in [-0.25, -0.2) is 0 Å². The Morgan fingerprint density at radius 3 is 2.53 bits per heavy atom. The van der Waals surface area contributed by atoms with E-state index in [1.165, 1.54) is 16.7 Å². The van der Waals surface area contributed by atoms with Gasteiger partial charge < -0.3 is 0 Å². The molecule has 0 atom stereocenters. The molecular formula is C15H20. The maximum absolute atomic E-state index is 3.98. The highest BCUT2D eigenvalue weighted by Crippen LogP contribution is 2.24. The van der Waals surface area contributed by atoms with E-state index >= 15 is 0 Å². The molecule has 0 saturated carbocycles. The van der Waals surface area contributed by atoms with Crippen molar-refractivity contribution in [1.82, 2.24) is 0 Å². The lowest BCUT2D eigenvalue weighted by Crippen LogP contribution is -1.96. The van der Waals surface area contributed by atoms with Crippen LogP contribution in [0.3, 0.4) is 0 Å². The maximum Gasteiger partial charge on any atom is -0.00971 e. The zero-order chi connectivity index (χ0) is 11.4. The van der Waals surface area contributed by atoms with Crippen LogP contribution in [0.15, 0.2) is 37.4 Å². The molecular weight excluding hydrogens is 180 g/mol. The Morgan fingerprint density at radius 1 is 1.40 bits per heavy atom. The van der Waals surface area contributed by atoms with E-state index < -0.39 is 0 Å². The summed E-state index contributed by atoms with van der Waals surface area (Å²) in [6, 6.07) is 6.61. The molecule has 0 fully saturated rings. The van der Waals surface area contributed by atoms with Crippen molar-refractivity contribution in [2.24, 2.45) is 0 Å². The monoisotopic (exact) mass is 200 g/mol. The van der Waals surface area contributed by atoms with Gasteiger partial charge in [-0.2, -0.15) is 0 Å². The van der Waals surface area contributed by atoms with Gasteiger partial charge in [0.25, 0.3) is 0 Å². The standard InChI is InChI=1S/C15H20/c1-6-7-14-10-13(11(2)3)8-9-15(14)12(4)5/h6,8-10,12H,1-2,7H2,3-5H3. The molecule has 1 aromatic carbocycles. The number of hydrogen-bond donors (Lipinski definition) is 0. The minimum absolute atomic E-state index is 0.569. The van der Waals surface area contributed by atoms with Crippen molar-refractivity contribution >= 4 is 5.57 Å². The second-order valence-corrected chi connectivity index (χ2v) is 4.34. The van der Waals surface area contributed by atoms with Gasteiger partial charge in [-0.1, -0.05) is 50.3 Å². The maximum atomic E-state index is 3.98. The van der Waals surface area contributed by atoms with Crippen LogP contribution in [0.25, 0.3) is 5.57 Å². The highest BCUT2D eigenvalue weighted by atomic mass is 14.1. The van der Waals surface area contributed by atoms with Crippen molar-refractivity contribution in [1.29, 1.82) is 0 Å². The number of allylic oxidation sites excluding steroid dienone is 2. The predicted octanol–water partition coefficient (Wildman–Crippen LogP) is 4.57. The first-order valence-electron chi connectivity index (χ1n) is 5.46. The first-order chi connectivity index (χ1) is 7.06. The van der Waals surface area contributed by atoms with Crippen molar-refractivity contribution in [2.75, 3.05) is 0 Å². The third-order valence-electron chi connectivity index (χ3n) is 2.62. The van der Waals surface area contributed by atoms with Crippen LogP contribution < -0.4 is 0 Å². The van der Waals surface area contributed by atoms with Crippen LogP contribution in [-0.2, 0) is 6.42 Å². The van der Waals surface area contributed by atoms with E-state index in [-0.39, 0.29) is 0 Å². The van der Waals surface area contributed by atoms with Gasteiger partial charge in [0.05, 0.1) is 0 Å². The molecule has 0 aromatic heterocycles. The highest BCUT2D eigenvalue weighted by Gasteiger charge is 2.06. The smallest absolute Gasteiger partial charge is 0.00971 e. The lowest BCUT2D eigenvalue weighted by Gasteiger charge is -2.13. The first kappa shape index (κ1) is 11.8. The van der Waals surface area contributed by atoms with E-state index in [0.29, 0.717) is 5.92 Å². The fourth-order valence-corrected chi connectivity index (χ4v) is 1.77. The molecule has 0 aliphatic carbocycles. The molecule has 1 rings (SSSR count). The van der Waals surface area contributed by atoms with Crippen LogP contribution in [0.5, 0.6) is 0 Å². The van der Waals surface area contributed by atoms with Gasteiger partial charge in [0.15, 0.2) is 0 Å². The van der Waals surface area contributed by atoms with Gasteiger partial charge in [0.2, 0.25) is 0 Å². The van der Waals surface area contributed by atoms with Crippen LogP contribution in [0.4, 0.5) is 0 Å². The van der Waals surface area contributed by atoms with Gasteiger partial charge in [-0.3, -0.25) is 0 Å².